The molecule has 1 atom stereocenters. The van der Waals surface area contributed by atoms with Crippen LogP contribution in [-0.2, 0) is 9.59 Å². The Morgan fingerprint density at radius 3 is 2.16 bits per heavy atom. The summed E-state index contributed by atoms with van der Waals surface area (Å²) in [5.74, 6) is 0.542. The highest BCUT2D eigenvalue weighted by Gasteiger charge is 2.48. The van der Waals surface area contributed by atoms with Gasteiger partial charge in [0.05, 0.1) is 18.7 Å². The molecule has 3 heterocycles. The van der Waals surface area contributed by atoms with Crippen LogP contribution in [0.4, 0.5) is 5.69 Å². The van der Waals surface area contributed by atoms with Gasteiger partial charge in [-0.3, -0.25) is 14.5 Å². The average molecular weight is 501 g/mol. The first-order valence-corrected chi connectivity index (χ1v) is 11.8. The summed E-state index contributed by atoms with van der Waals surface area (Å²) in [6.45, 7) is 1.59. The van der Waals surface area contributed by atoms with Gasteiger partial charge >= 0.3 is 0 Å². The molecule has 1 amide bonds. The third-order valence-electron chi connectivity index (χ3n) is 6.50. The topological polar surface area (TPSA) is 104 Å². The minimum atomic E-state index is -0.966. The summed E-state index contributed by atoms with van der Waals surface area (Å²) in [5.41, 5.74) is 1.21. The Hall–Kier alpha value is -4.66. The summed E-state index contributed by atoms with van der Waals surface area (Å²) in [6, 6.07) is 16.0. The van der Waals surface area contributed by atoms with Crippen molar-refractivity contribution in [3.8, 4) is 28.7 Å². The standard InChI is InChI=1S/C28H23NO8/c1-33-19-5-3-2-4-18(19)25-24(26(30)16-6-8-20-22(14-16)36-12-10-34-20)27(31)28(32)29(25)17-7-9-21-23(15-17)37-13-11-35-21/h2-9,14-15,25,30H,10-13H2,1H3/b26-24+. The number of aliphatic hydroxyl groups excluding tert-OH is 1. The Kier molecular flexibility index (Phi) is 5.60. The number of fused-ring (bicyclic) bond motifs is 2. The number of anilines is 1. The monoisotopic (exact) mass is 501 g/mol. The summed E-state index contributed by atoms with van der Waals surface area (Å²) in [5, 5.41) is 11.5. The van der Waals surface area contributed by atoms with Gasteiger partial charge in [-0.25, -0.2) is 0 Å². The molecule has 0 saturated carbocycles. The Bertz CT molecular complexity index is 1450. The van der Waals surface area contributed by atoms with Crippen LogP contribution in [0.3, 0.4) is 0 Å². The fraction of sp³-hybridized carbons (Fsp3) is 0.214. The van der Waals surface area contributed by atoms with Crippen LogP contribution < -0.4 is 28.6 Å². The molecule has 0 spiro atoms. The number of benzene rings is 3. The number of methoxy groups -OCH3 is 1. The van der Waals surface area contributed by atoms with Crippen molar-refractivity contribution in [1.29, 1.82) is 0 Å². The maximum Gasteiger partial charge on any atom is 0.300 e. The molecular formula is C28H23NO8. The minimum absolute atomic E-state index is 0.0685. The Labute approximate surface area is 212 Å². The van der Waals surface area contributed by atoms with E-state index in [0.717, 1.165) is 0 Å². The summed E-state index contributed by atoms with van der Waals surface area (Å²) in [4.78, 5) is 28.4. The first kappa shape index (κ1) is 22.8. The zero-order valence-electron chi connectivity index (χ0n) is 19.9. The zero-order chi connectivity index (χ0) is 25.5. The molecule has 3 aromatic carbocycles. The molecule has 1 unspecified atom stereocenters. The van der Waals surface area contributed by atoms with Crippen molar-refractivity contribution in [3.63, 3.8) is 0 Å². The Morgan fingerprint density at radius 2 is 1.46 bits per heavy atom. The van der Waals surface area contributed by atoms with Crippen LogP contribution in [0.5, 0.6) is 28.7 Å². The number of nitrogens with zero attached hydrogens (tertiary/aromatic N) is 1. The highest BCUT2D eigenvalue weighted by atomic mass is 16.6. The number of rotatable bonds is 4. The number of ketones is 1. The van der Waals surface area contributed by atoms with Crippen molar-refractivity contribution in [2.75, 3.05) is 38.4 Å². The smallest absolute Gasteiger partial charge is 0.300 e. The van der Waals surface area contributed by atoms with Crippen molar-refractivity contribution in [2.24, 2.45) is 0 Å². The molecule has 0 bridgehead atoms. The second kappa shape index (κ2) is 9.09. The van der Waals surface area contributed by atoms with Crippen LogP contribution in [0.1, 0.15) is 17.2 Å². The largest absolute Gasteiger partial charge is 0.507 e. The van der Waals surface area contributed by atoms with Crippen LogP contribution >= 0.6 is 0 Å². The molecule has 0 radical (unpaired) electrons. The fourth-order valence-corrected chi connectivity index (χ4v) is 4.81. The van der Waals surface area contributed by atoms with Gasteiger partial charge in [0.25, 0.3) is 11.7 Å². The summed E-state index contributed by atoms with van der Waals surface area (Å²) >= 11 is 0. The minimum Gasteiger partial charge on any atom is -0.507 e. The Morgan fingerprint density at radius 1 is 0.838 bits per heavy atom. The van der Waals surface area contributed by atoms with E-state index in [4.69, 9.17) is 23.7 Å². The number of amides is 1. The molecule has 3 aliphatic rings. The van der Waals surface area contributed by atoms with Gasteiger partial charge in [-0.2, -0.15) is 0 Å². The molecule has 3 aliphatic heterocycles. The van der Waals surface area contributed by atoms with Crippen molar-refractivity contribution >= 4 is 23.1 Å². The van der Waals surface area contributed by atoms with E-state index in [1.807, 2.05) is 0 Å². The lowest BCUT2D eigenvalue weighted by Gasteiger charge is -2.28. The zero-order valence-corrected chi connectivity index (χ0v) is 19.9. The maximum atomic E-state index is 13.5. The van der Waals surface area contributed by atoms with E-state index in [2.05, 4.69) is 0 Å². The van der Waals surface area contributed by atoms with Crippen molar-refractivity contribution in [3.05, 3.63) is 77.4 Å². The highest BCUT2D eigenvalue weighted by Crippen LogP contribution is 2.47. The van der Waals surface area contributed by atoms with Gasteiger partial charge in [-0.05, 0) is 36.4 Å². The lowest BCUT2D eigenvalue weighted by Crippen LogP contribution is -2.30. The summed E-state index contributed by atoms with van der Waals surface area (Å²) in [6.07, 6.45) is 0. The lowest BCUT2D eigenvalue weighted by molar-refractivity contribution is -0.132. The second-order valence-corrected chi connectivity index (χ2v) is 8.60. The second-order valence-electron chi connectivity index (χ2n) is 8.60. The van der Waals surface area contributed by atoms with Crippen LogP contribution in [0.2, 0.25) is 0 Å². The molecule has 9 nitrogen and oxygen atoms in total. The van der Waals surface area contributed by atoms with Gasteiger partial charge in [-0.1, -0.05) is 18.2 Å². The van der Waals surface area contributed by atoms with Crippen molar-refractivity contribution in [1.82, 2.24) is 0 Å². The number of carbonyl (C=O) groups is 2. The van der Waals surface area contributed by atoms with Crippen LogP contribution in [0, 0.1) is 0 Å². The number of carbonyl (C=O) groups excluding carboxylic acids is 2. The summed E-state index contributed by atoms with van der Waals surface area (Å²) < 4.78 is 28.1. The highest BCUT2D eigenvalue weighted by molar-refractivity contribution is 6.51. The SMILES string of the molecule is COc1ccccc1C1/C(=C(\O)c2ccc3c(c2)OCCO3)C(=O)C(=O)N1c1ccc2c(c1)OCCO2. The summed E-state index contributed by atoms with van der Waals surface area (Å²) in [7, 11) is 1.51. The van der Waals surface area contributed by atoms with Gasteiger partial charge in [0.2, 0.25) is 0 Å². The van der Waals surface area contributed by atoms with Crippen LogP contribution in [-0.4, -0.2) is 50.3 Å². The Balaban J connectivity index is 1.54. The van der Waals surface area contributed by atoms with Gasteiger partial charge in [0, 0.05) is 22.9 Å². The predicted molar refractivity (Wildman–Crippen MR) is 133 cm³/mol. The van der Waals surface area contributed by atoms with E-state index in [1.165, 1.54) is 12.0 Å². The number of para-hydroxylation sites is 1. The van der Waals surface area contributed by atoms with E-state index >= 15 is 0 Å². The molecule has 6 rings (SSSR count). The molecule has 3 aromatic rings. The van der Waals surface area contributed by atoms with E-state index in [-0.39, 0.29) is 11.3 Å². The molecule has 1 N–H and O–H groups in total. The van der Waals surface area contributed by atoms with Crippen molar-refractivity contribution in [2.45, 2.75) is 6.04 Å². The van der Waals surface area contributed by atoms with Gasteiger partial charge in [0.15, 0.2) is 23.0 Å². The van der Waals surface area contributed by atoms with Gasteiger partial charge in [-0.15, -0.1) is 0 Å². The predicted octanol–water partition coefficient (Wildman–Crippen LogP) is 3.86. The fourth-order valence-electron chi connectivity index (χ4n) is 4.81. The van der Waals surface area contributed by atoms with E-state index in [1.54, 1.807) is 60.7 Å². The van der Waals surface area contributed by atoms with E-state index in [0.29, 0.717) is 72.0 Å². The number of Topliss-reactive ketones (excluding diaryl/α,β-unsaturated/α-hetero) is 1. The van der Waals surface area contributed by atoms with E-state index < -0.39 is 17.7 Å². The van der Waals surface area contributed by atoms with Crippen LogP contribution in [0.25, 0.3) is 5.76 Å². The molecule has 37 heavy (non-hydrogen) atoms. The molecule has 0 aliphatic carbocycles. The van der Waals surface area contributed by atoms with Gasteiger partial charge < -0.3 is 28.8 Å². The average Bonchev–Trinajstić information content (AvgIpc) is 3.21. The number of hydrogen-bond donors (Lipinski definition) is 1. The maximum absolute atomic E-state index is 13.5. The number of hydrogen-bond acceptors (Lipinski definition) is 8. The first-order valence-electron chi connectivity index (χ1n) is 11.8. The number of aliphatic hydroxyl groups is 1. The third-order valence-corrected chi connectivity index (χ3v) is 6.50. The lowest BCUT2D eigenvalue weighted by atomic mass is 9.94. The molecule has 9 heteroatoms. The molecule has 1 saturated heterocycles. The van der Waals surface area contributed by atoms with E-state index in [9.17, 15) is 14.7 Å². The quantitative estimate of drug-likeness (QED) is 0.327. The number of ether oxygens (including phenoxy) is 5. The first-order chi connectivity index (χ1) is 18.1. The van der Waals surface area contributed by atoms with Crippen LogP contribution in [0.15, 0.2) is 66.2 Å². The molecule has 1 fully saturated rings. The third kappa shape index (κ3) is 3.79. The molecule has 188 valence electrons. The molecule has 0 aromatic heterocycles. The van der Waals surface area contributed by atoms with Gasteiger partial charge in [0.1, 0.15) is 37.9 Å². The van der Waals surface area contributed by atoms with Crippen molar-refractivity contribution < 1.29 is 38.4 Å². The molecular weight excluding hydrogens is 478 g/mol. The normalized spacial score (nSPS) is 19.6.